The standard InChI is InChI=1S/C32H34N2O6.C6H16OS.CH4O/c1-22(21-28-17-18-30(39-28)34-20-19-29(35)33-31(34)36)40-32(23-7-5-4-6-8-23,24-9-13-26(37-2)14-10-24)25-11-15-27(38-3)16-12-25;1-6(2,3)8(4,5)7;1-2/h4-16,19-20,22,28,30H,17-18,21H2,1-3H3,(H,33,35,36);7H,1-5H3;2H,1H3/t22?,28-,30?;;/m0../s1. The van der Waals surface area contributed by atoms with Gasteiger partial charge in [-0.15, -0.1) is 10.3 Å². The summed E-state index contributed by atoms with van der Waals surface area (Å²) in [6, 6.07) is 27.4. The molecule has 1 aliphatic rings. The Hall–Kier alpha value is -3.87. The fourth-order valence-corrected chi connectivity index (χ4v) is 5.47. The molecule has 3 aromatic carbocycles. The van der Waals surface area contributed by atoms with Gasteiger partial charge in [0.15, 0.2) is 0 Å². The van der Waals surface area contributed by atoms with E-state index in [9.17, 15) is 14.1 Å². The van der Waals surface area contributed by atoms with E-state index in [2.05, 4.69) is 37.9 Å². The van der Waals surface area contributed by atoms with Crippen LogP contribution < -0.4 is 20.7 Å². The molecule has 2 unspecified atom stereocenters. The van der Waals surface area contributed by atoms with Gasteiger partial charge in [-0.2, -0.15) is 0 Å². The van der Waals surface area contributed by atoms with Crippen molar-refractivity contribution in [2.75, 3.05) is 33.8 Å². The molecule has 50 heavy (non-hydrogen) atoms. The predicted octanol–water partition coefficient (Wildman–Crippen LogP) is 6.95. The molecule has 1 aliphatic heterocycles. The number of benzene rings is 3. The minimum absolute atomic E-state index is 0.0764. The Morgan fingerprint density at radius 3 is 1.76 bits per heavy atom. The lowest BCUT2D eigenvalue weighted by Gasteiger charge is -2.39. The second-order valence-corrected chi connectivity index (χ2v) is 17.1. The van der Waals surface area contributed by atoms with E-state index < -0.39 is 33.4 Å². The molecule has 11 heteroatoms. The lowest BCUT2D eigenvalue weighted by Crippen LogP contribution is -2.37. The first-order valence-corrected chi connectivity index (χ1v) is 19.0. The van der Waals surface area contributed by atoms with Gasteiger partial charge >= 0.3 is 5.69 Å². The summed E-state index contributed by atoms with van der Waals surface area (Å²) in [6.07, 6.45) is 6.61. The third-order valence-corrected chi connectivity index (χ3v) is 11.9. The van der Waals surface area contributed by atoms with Gasteiger partial charge in [0.25, 0.3) is 5.56 Å². The molecule has 0 radical (unpaired) electrons. The molecule has 0 saturated carbocycles. The Kier molecular flexibility index (Phi) is 14.5. The SMILES string of the molecule is CC(C)(C)S(C)(C)O.CO.COc1ccc(C(OC(C)C[C@@H]2CCC(n3ccc(=O)[nH]c3=O)O2)(c2ccccc2)c2ccc(OC)cc2)cc1. The average molecular weight is 711 g/mol. The highest BCUT2D eigenvalue weighted by atomic mass is 32.3. The number of hydrogen-bond donors (Lipinski definition) is 3. The summed E-state index contributed by atoms with van der Waals surface area (Å²) in [4.78, 5) is 26.1. The molecule has 3 N–H and O–H groups in total. The van der Waals surface area contributed by atoms with Crippen molar-refractivity contribution in [1.29, 1.82) is 0 Å². The van der Waals surface area contributed by atoms with Crippen molar-refractivity contribution in [2.45, 2.75) is 75.7 Å². The number of methoxy groups -OCH3 is 2. The first-order chi connectivity index (χ1) is 23.7. The molecule has 1 fully saturated rings. The largest absolute Gasteiger partial charge is 0.497 e. The van der Waals surface area contributed by atoms with E-state index >= 15 is 0 Å². The number of aliphatic hydroxyl groups is 1. The minimum Gasteiger partial charge on any atom is -0.497 e. The van der Waals surface area contributed by atoms with Crippen LogP contribution in [0.2, 0.25) is 0 Å². The molecule has 274 valence electrons. The van der Waals surface area contributed by atoms with Gasteiger partial charge in [0, 0.05) is 24.1 Å². The smallest absolute Gasteiger partial charge is 0.330 e. The predicted molar refractivity (Wildman–Crippen MR) is 202 cm³/mol. The monoisotopic (exact) mass is 710 g/mol. The van der Waals surface area contributed by atoms with Crippen molar-refractivity contribution in [3.8, 4) is 11.5 Å². The zero-order chi connectivity index (χ0) is 37.1. The number of nitrogens with one attached hydrogen (secondary N) is 1. The van der Waals surface area contributed by atoms with E-state index in [-0.39, 0.29) is 17.0 Å². The second kappa shape index (κ2) is 17.9. The van der Waals surface area contributed by atoms with Crippen LogP contribution in [0.5, 0.6) is 11.5 Å². The molecular formula is C39H54N2O8S. The van der Waals surface area contributed by atoms with Crippen LogP contribution in [0.3, 0.4) is 0 Å². The molecule has 0 amide bonds. The number of nitrogens with zero attached hydrogens (tertiary/aromatic N) is 1. The number of aliphatic hydroxyl groups excluding tert-OH is 1. The molecule has 5 rings (SSSR count). The molecule has 0 bridgehead atoms. The first kappa shape index (κ1) is 40.6. The quantitative estimate of drug-likeness (QED) is 0.151. The van der Waals surface area contributed by atoms with Crippen molar-refractivity contribution in [3.05, 3.63) is 129 Å². The van der Waals surface area contributed by atoms with Crippen LogP contribution in [-0.4, -0.2) is 70.0 Å². The van der Waals surface area contributed by atoms with Crippen molar-refractivity contribution < 1.29 is 28.6 Å². The van der Waals surface area contributed by atoms with Crippen molar-refractivity contribution in [3.63, 3.8) is 0 Å². The van der Waals surface area contributed by atoms with E-state index in [1.807, 2.05) is 86.2 Å². The Balaban J connectivity index is 0.000000596. The van der Waals surface area contributed by atoms with Crippen LogP contribution in [0.25, 0.3) is 0 Å². The molecule has 0 aliphatic carbocycles. The van der Waals surface area contributed by atoms with E-state index in [0.717, 1.165) is 41.7 Å². The maximum absolute atomic E-state index is 12.3. The lowest BCUT2D eigenvalue weighted by atomic mass is 9.79. The van der Waals surface area contributed by atoms with E-state index in [1.165, 1.54) is 16.8 Å². The van der Waals surface area contributed by atoms with Gasteiger partial charge in [0.2, 0.25) is 0 Å². The van der Waals surface area contributed by atoms with Crippen LogP contribution in [-0.2, 0) is 15.1 Å². The van der Waals surface area contributed by atoms with Gasteiger partial charge in [-0.1, -0.05) is 75.4 Å². The summed E-state index contributed by atoms with van der Waals surface area (Å²) >= 11 is 0. The summed E-state index contributed by atoms with van der Waals surface area (Å²) < 4.78 is 35.2. The number of ether oxygens (including phenoxy) is 4. The molecule has 0 spiro atoms. The van der Waals surface area contributed by atoms with Gasteiger partial charge in [-0.05, 0) is 79.7 Å². The van der Waals surface area contributed by atoms with Gasteiger partial charge in [-0.3, -0.25) is 14.3 Å². The zero-order valence-electron chi connectivity index (χ0n) is 30.7. The molecular weight excluding hydrogens is 657 g/mol. The van der Waals surface area contributed by atoms with E-state index in [4.69, 9.17) is 24.1 Å². The molecule has 3 atom stereocenters. The maximum Gasteiger partial charge on any atom is 0.330 e. The third kappa shape index (κ3) is 10.1. The van der Waals surface area contributed by atoms with Gasteiger partial charge in [-0.25, -0.2) is 4.79 Å². The summed E-state index contributed by atoms with van der Waals surface area (Å²) in [5, 5.41) is 7.00. The lowest BCUT2D eigenvalue weighted by molar-refractivity contribution is -0.0751. The van der Waals surface area contributed by atoms with Crippen molar-refractivity contribution >= 4 is 10.3 Å². The number of H-pyrrole nitrogens is 1. The molecule has 1 aromatic heterocycles. The minimum atomic E-state index is -1.34. The van der Waals surface area contributed by atoms with Crippen LogP contribution >= 0.6 is 10.3 Å². The summed E-state index contributed by atoms with van der Waals surface area (Å²) in [5.74, 6) is 1.52. The Morgan fingerprint density at radius 1 is 0.840 bits per heavy atom. The van der Waals surface area contributed by atoms with E-state index in [1.54, 1.807) is 14.2 Å². The molecule has 10 nitrogen and oxygen atoms in total. The number of aromatic nitrogens is 2. The normalized spacial score (nSPS) is 17.0. The van der Waals surface area contributed by atoms with Crippen LogP contribution in [0.1, 0.15) is 69.9 Å². The van der Waals surface area contributed by atoms with Crippen LogP contribution in [0.15, 0.2) is 101 Å². The second-order valence-electron chi connectivity index (χ2n) is 13.4. The number of aromatic amines is 1. The van der Waals surface area contributed by atoms with Crippen LogP contribution in [0, 0.1) is 0 Å². The highest BCUT2D eigenvalue weighted by Gasteiger charge is 2.40. The fourth-order valence-electron chi connectivity index (χ4n) is 5.47. The van der Waals surface area contributed by atoms with Crippen molar-refractivity contribution in [2.24, 2.45) is 0 Å². The third-order valence-electron chi connectivity index (χ3n) is 8.89. The van der Waals surface area contributed by atoms with Crippen molar-refractivity contribution in [1.82, 2.24) is 9.55 Å². The van der Waals surface area contributed by atoms with E-state index in [0.29, 0.717) is 12.8 Å². The van der Waals surface area contributed by atoms with Gasteiger partial charge in [0.05, 0.1) is 26.4 Å². The Labute approximate surface area is 297 Å². The number of hydrogen-bond acceptors (Lipinski definition) is 8. The highest BCUT2D eigenvalue weighted by molar-refractivity contribution is 8.29. The summed E-state index contributed by atoms with van der Waals surface area (Å²) in [7, 11) is 2.96. The topological polar surface area (TPSA) is 132 Å². The fraction of sp³-hybridized carbons (Fsp3) is 0.436. The Bertz CT molecular complexity index is 1650. The molecule has 1 saturated heterocycles. The highest BCUT2D eigenvalue weighted by Crippen LogP contribution is 2.48. The first-order valence-electron chi connectivity index (χ1n) is 16.6. The summed E-state index contributed by atoms with van der Waals surface area (Å²) in [6.45, 7) is 8.22. The Morgan fingerprint density at radius 2 is 1.32 bits per heavy atom. The maximum atomic E-state index is 12.3. The number of rotatable bonds is 10. The molecule has 2 heterocycles. The van der Waals surface area contributed by atoms with Crippen LogP contribution in [0.4, 0.5) is 0 Å². The average Bonchev–Trinajstić information content (AvgIpc) is 3.55. The summed E-state index contributed by atoms with van der Waals surface area (Å²) in [5.41, 5.74) is 1.09. The molecule has 4 aromatic rings. The zero-order valence-corrected chi connectivity index (χ0v) is 31.5. The van der Waals surface area contributed by atoms with Gasteiger partial charge < -0.3 is 28.6 Å². The van der Waals surface area contributed by atoms with Gasteiger partial charge in [0.1, 0.15) is 23.3 Å².